The summed E-state index contributed by atoms with van der Waals surface area (Å²) in [5, 5.41) is 0. The van der Waals surface area contributed by atoms with E-state index in [0.717, 1.165) is 39.4 Å². The molecule has 2 amide bonds. The van der Waals surface area contributed by atoms with Crippen LogP contribution in [0.5, 0.6) is 0 Å². The highest BCUT2D eigenvalue weighted by Crippen LogP contribution is 2.18. The third kappa shape index (κ3) is 1.69. The topological polar surface area (TPSA) is 48.6 Å². The Hall–Kier alpha value is -0.810. The minimum absolute atomic E-state index is 0.149. The van der Waals surface area contributed by atoms with E-state index < -0.39 is 0 Å². The Bertz CT molecular complexity index is 226. The lowest BCUT2D eigenvalue weighted by atomic mass is 10.4. The first-order valence-electron chi connectivity index (χ1n) is 5.10. The molecule has 3 aliphatic heterocycles. The molecule has 0 aliphatic carbocycles. The molecule has 0 aromatic heterocycles. The number of amides is 2. The van der Waals surface area contributed by atoms with E-state index >= 15 is 0 Å². The molecular weight excluding hydrogens is 184 g/mol. The van der Waals surface area contributed by atoms with E-state index in [-0.39, 0.29) is 6.03 Å². The Labute approximate surface area is 82.5 Å². The van der Waals surface area contributed by atoms with Gasteiger partial charge in [0.1, 0.15) is 0 Å². The Balaban J connectivity index is 1.53. The zero-order chi connectivity index (χ0) is 9.54. The van der Waals surface area contributed by atoms with Gasteiger partial charge >= 0.3 is 6.03 Å². The van der Waals surface area contributed by atoms with Crippen molar-refractivity contribution in [2.45, 2.75) is 12.2 Å². The predicted molar refractivity (Wildman–Crippen MR) is 48.0 cm³/mol. The smallest absolute Gasteiger partial charge is 0.320 e. The Morgan fingerprint density at radius 1 is 1.07 bits per heavy atom. The summed E-state index contributed by atoms with van der Waals surface area (Å²) in [6.07, 6.45) is 0.604. The van der Waals surface area contributed by atoms with E-state index in [1.807, 2.05) is 9.80 Å². The van der Waals surface area contributed by atoms with Crippen molar-refractivity contribution in [2.24, 2.45) is 0 Å². The Kier molecular flexibility index (Phi) is 1.88. The molecule has 5 heteroatoms. The van der Waals surface area contributed by atoms with Crippen LogP contribution < -0.4 is 0 Å². The van der Waals surface area contributed by atoms with Gasteiger partial charge in [0, 0.05) is 13.1 Å². The molecule has 3 saturated heterocycles. The summed E-state index contributed by atoms with van der Waals surface area (Å²) < 4.78 is 10.2. The number of rotatable bonds is 4. The van der Waals surface area contributed by atoms with Crippen LogP contribution in [0.3, 0.4) is 0 Å². The van der Waals surface area contributed by atoms with Crippen molar-refractivity contribution in [2.75, 3.05) is 39.4 Å². The fraction of sp³-hybridized carbons (Fsp3) is 0.889. The van der Waals surface area contributed by atoms with Crippen LogP contribution in [0.25, 0.3) is 0 Å². The van der Waals surface area contributed by atoms with Crippen LogP contribution in [-0.2, 0) is 9.47 Å². The zero-order valence-corrected chi connectivity index (χ0v) is 8.02. The van der Waals surface area contributed by atoms with Gasteiger partial charge in [-0.3, -0.25) is 0 Å². The number of urea groups is 1. The van der Waals surface area contributed by atoms with Gasteiger partial charge in [-0.1, -0.05) is 0 Å². The molecular formula is C9H14N2O3. The Morgan fingerprint density at radius 3 is 1.86 bits per heavy atom. The minimum atomic E-state index is 0.149. The average Bonchev–Trinajstić information content (AvgIpc) is 3.03. The molecule has 3 aliphatic rings. The van der Waals surface area contributed by atoms with Gasteiger partial charge in [0.15, 0.2) is 0 Å². The van der Waals surface area contributed by atoms with Crippen LogP contribution in [0.2, 0.25) is 0 Å². The zero-order valence-electron chi connectivity index (χ0n) is 8.02. The van der Waals surface area contributed by atoms with E-state index in [9.17, 15) is 4.79 Å². The summed E-state index contributed by atoms with van der Waals surface area (Å²) in [6.45, 7) is 4.84. The standard InChI is InChI=1S/C9H14N2O3/c12-9-10(3-7-5-13-7)1-2-11(9)4-8-6-14-8/h7-8H,1-6H2/t7-,8+. The van der Waals surface area contributed by atoms with Gasteiger partial charge in [-0.15, -0.1) is 0 Å². The molecule has 0 aromatic carbocycles. The van der Waals surface area contributed by atoms with Crippen LogP contribution in [0.4, 0.5) is 4.79 Å². The maximum absolute atomic E-state index is 11.8. The number of epoxide rings is 2. The molecule has 78 valence electrons. The van der Waals surface area contributed by atoms with E-state index in [4.69, 9.17) is 9.47 Å². The van der Waals surface area contributed by atoms with Crippen LogP contribution >= 0.6 is 0 Å². The van der Waals surface area contributed by atoms with Gasteiger partial charge in [0.2, 0.25) is 0 Å². The number of carbonyl (C=O) groups is 1. The number of hydrogen-bond donors (Lipinski definition) is 0. The monoisotopic (exact) mass is 198 g/mol. The lowest BCUT2D eigenvalue weighted by Crippen LogP contribution is -2.35. The van der Waals surface area contributed by atoms with Crippen molar-refractivity contribution < 1.29 is 14.3 Å². The molecule has 0 aromatic rings. The van der Waals surface area contributed by atoms with Crippen molar-refractivity contribution in [1.82, 2.24) is 9.80 Å². The van der Waals surface area contributed by atoms with Gasteiger partial charge in [-0.05, 0) is 0 Å². The second-order valence-electron chi connectivity index (χ2n) is 4.09. The maximum Gasteiger partial charge on any atom is 0.320 e. The number of hydrogen-bond acceptors (Lipinski definition) is 3. The quantitative estimate of drug-likeness (QED) is 0.573. The highest BCUT2D eigenvalue weighted by molar-refractivity contribution is 5.76. The second kappa shape index (κ2) is 3.10. The van der Waals surface area contributed by atoms with E-state index in [2.05, 4.69) is 0 Å². The van der Waals surface area contributed by atoms with Crippen molar-refractivity contribution >= 4 is 6.03 Å². The lowest BCUT2D eigenvalue weighted by molar-refractivity contribution is 0.185. The van der Waals surface area contributed by atoms with E-state index in [1.165, 1.54) is 0 Å². The van der Waals surface area contributed by atoms with Crippen LogP contribution in [0, 0.1) is 0 Å². The summed E-state index contributed by atoms with van der Waals surface area (Å²) in [4.78, 5) is 15.5. The second-order valence-corrected chi connectivity index (χ2v) is 4.09. The largest absolute Gasteiger partial charge is 0.371 e. The fourth-order valence-electron chi connectivity index (χ4n) is 1.81. The normalized spacial score (nSPS) is 35.3. The number of nitrogens with zero attached hydrogens (tertiary/aromatic N) is 2. The van der Waals surface area contributed by atoms with Crippen LogP contribution in [-0.4, -0.2) is 67.4 Å². The number of ether oxygens (including phenoxy) is 2. The summed E-state index contributed by atoms with van der Waals surface area (Å²) in [5.41, 5.74) is 0. The number of carbonyl (C=O) groups excluding carboxylic acids is 1. The molecule has 0 bridgehead atoms. The van der Waals surface area contributed by atoms with Gasteiger partial charge in [-0.25, -0.2) is 4.79 Å². The SMILES string of the molecule is O=C1N(C[C@H]2CO2)CCN1C[C@@H]1CO1. The van der Waals surface area contributed by atoms with Crippen molar-refractivity contribution in [3.05, 3.63) is 0 Å². The molecule has 3 rings (SSSR count). The molecule has 0 N–H and O–H groups in total. The van der Waals surface area contributed by atoms with Gasteiger partial charge in [0.05, 0.1) is 38.5 Å². The lowest BCUT2D eigenvalue weighted by Gasteiger charge is -2.16. The van der Waals surface area contributed by atoms with E-state index in [0.29, 0.717) is 12.2 Å². The van der Waals surface area contributed by atoms with Crippen molar-refractivity contribution in [1.29, 1.82) is 0 Å². The Morgan fingerprint density at radius 2 is 1.50 bits per heavy atom. The van der Waals surface area contributed by atoms with Crippen LogP contribution in [0.1, 0.15) is 0 Å². The van der Waals surface area contributed by atoms with Gasteiger partial charge < -0.3 is 19.3 Å². The molecule has 2 atom stereocenters. The molecule has 0 saturated carbocycles. The molecule has 5 nitrogen and oxygen atoms in total. The molecule has 14 heavy (non-hydrogen) atoms. The van der Waals surface area contributed by atoms with Crippen LogP contribution in [0.15, 0.2) is 0 Å². The van der Waals surface area contributed by atoms with Gasteiger partial charge in [0.25, 0.3) is 0 Å². The molecule has 0 unspecified atom stereocenters. The van der Waals surface area contributed by atoms with E-state index in [1.54, 1.807) is 0 Å². The molecule has 0 spiro atoms. The summed E-state index contributed by atoms with van der Waals surface area (Å²) >= 11 is 0. The first-order valence-corrected chi connectivity index (χ1v) is 5.10. The first-order chi connectivity index (χ1) is 6.83. The highest BCUT2D eigenvalue weighted by atomic mass is 16.6. The van der Waals surface area contributed by atoms with Crippen molar-refractivity contribution in [3.8, 4) is 0 Å². The van der Waals surface area contributed by atoms with Crippen molar-refractivity contribution in [3.63, 3.8) is 0 Å². The molecule has 3 fully saturated rings. The summed E-state index contributed by atoms with van der Waals surface area (Å²) in [7, 11) is 0. The third-order valence-electron chi connectivity index (χ3n) is 2.83. The summed E-state index contributed by atoms with van der Waals surface area (Å²) in [5.74, 6) is 0. The van der Waals surface area contributed by atoms with Gasteiger partial charge in [-0.2, -0.15) is 0 Å². The minimum Gasteiger partial charge on any atom is -0.371 e. The highest BCUT2D eigenvalue weighted by Gasteiger charge is 2.36. The molecule has 0 radical (unpaired) electrons. The fourth-order valence-corrected chi connectivity index (χ4v) is 1.81. The third-order valence-corrected chi connectivity index (χ3v) is 2.83. The summed E-state index contributed by atoms with van der Waals surface area (Å²) in [6, 6.07) is 0.149. The average molecular weight is 198 g/mol. The molecule has 3 heterocycles. The maximum atomic E-state index is 11.8. The predicted octanol–water partition coefficient (Wildman–Crippen LogP) is -0.478. The first kappa shape index (κ1) is 8.49.